The van der Waals surface area contributed by atoms with E-state index in [1.807, 2.05) is 26.0 Å². The Morgan fingerprint density at radius 3 is 2.00 bits per heavy atom. The van der Waals surface area contributed by atoms with E-state index in [0.717, 1.165) is 5.57 Å². The van der Waals surface area contributed by atoms with Crippen LogP contribution in [0.15, 0.2) is 37.0 Å². The van der Waals surface area contributed by atoms with Crippen LogP contribution in [0.25, 0.3) is 0 Å². The number of hydrogen-bond acceptors (Lipinski definition) is 0. The van der Waals surface area contributed by atoms with Crippen molar-refractivity contribution >= 4 is 0 Å². The summed E-state index contributed by atoms with van der Waals surface area (Å²) in [6.45, 7) is 15.7. The molecule has 0 saturated heterocycles. The molecule has 0 heteroatoms. The summed E-state index contributed by atoms with van der Waals surface area (Å²) in [6.07, 6.45) is 5.65. The molecule has 0 saturated carbocycles. The van der Waals surface area contributed by atoms with Crippen LogP contribution in [0, 0.1) is 5.92 Å². The molecule has 0 unspecified atom stereocenters. The molecular weight excluding hydrogens is 132 g/mol. The Morgan fingerprint density at radius 2 is 1.73 bits per heavy atom. The van der Waals surface area contributed by atoms with Crippen molar-refractivity contribution < 1.29 is 0 Å². The highest BCUT2D eigenvalue weighted by Gasteiger charge is 1.91. The van der Waals surface area contributed by atoms with Gasteiger partial charge in [-0.3, -0.25) is 0 Å². The first-order valence-electron chi connectivity index (χ1n) is 4.16. The van der Waals surface area contributed by atoms with Crippen LogP contribution in [0.5, 0.6) is 0 Å². The highest BCUT2D eigenvalue weighted by molar-refractivity contribution is 5.19. The van der Waals surface area contributed by atoms with Crippen LogP contribution in [0.3, 0.4) is 0 Å². The summed E-state index contributed by atoms with van der Waals surface area (Å²) in [5.74, 6) is 0.543. The molecule has 0 rings (SSSR count). The molecule has 0 radical (unpaired) electrons. The lowest BCUT2D eigenvalue weighted by atomic mass is 10.1. The van der Waals surface area contributed by atoms with Gasteiger partial charge in [0.15, 0.2) is 0 Å². The van der Waals surface area contributed by atoms with Crippen LogP contribution in [0.2, 0.25) is 0 Å². The topological polar surface area (TPSA) is 0 Å². The van der Waals surface area contributed by atoms with Crippen LogP contribution in [-0.4, -0.2) is 0 Å². The minimum absolute atomic E-state index is 0.543. The Bertz CT molecular complexity index is 127. The SMILES string of the molecule is C=C/C=C\C(=C)C(C)C.CC. The third kappa shape index (κ3) is 9.22. The maximum atomic E-state index is 3.86. The Hall–Kier alpha value is -0.780. The first kappa shape index (κ1) is 12.9. The van der Waals surface area contributed by atoms with Crippen molar-refractivity contribution in [3.63, 3.8) is 0 Å². The van der Waals surface area contributed by atoms with Gasteiger partial charge in [0.2, 0.25) is 0 Å². The van der Waals surface area contributed by atoms with E-state index >= 15 is 0 Å². The Balaban J connectivity index is 0. The second kappa shape index (κ2) is 9.22. The molecule has 0 spiro atoms. The minimum atomic E-state index is 0.543. The molecule has 0 aliphatic carbocycles. The van der Waals surface area contributed by atoms with E-state index in [2.05, 4.69) is 27.0 Å². The van der Waals surface area contributed by atoms with E-state index < -0.39 is 0 Å². The van der Waals surface area contributed by atoms with Crippen molar-refractivity contribution in [3.8, 4) is 0 Å². The van der Waals surface area contributed by atoms with Crippen molar-refractivity contribution in [1.29, 1.82) is 0 Å². The average molecular weight is 152 g/mol. The molecule has 0 fully saturated rings. The largest absolute Gasteiger partial charge is 0.0991 e. The van der Waals surface area contributed by atoms with Crippen molar-refractivity contribution in [3.05, 3.63) is 37.0 Å². The average Bonchev–Trinajstić information content (AvgIpc) is 2.03. The second-order valence-electron chi connectivity index (χ2n) is 2.32. The summed E-state index contributed by atoms with van der Waals surface area (Å²) in [7, 11) is 0. The molecule has 0 atom stereocenters. The molecule has 11 heavy (non-hydrogen) atoms. The van der Waals surface area contributed by atoms with Gasteiger partial charge >= 0.3 is 0 Å². The molecular formula is C11H20. The van der Waals surface area contributed by atoms with Crippen molar-refractivity contribution in [2.24, 2.45) is 5.92 Å². The molecule has 0 bridgehead atoms. The normalized spacial score (nSPS) is 9.18. The van der Waals surface area contributed by atoms with Crippen LogP contribution < -0.4 is 0 Å². The molecule has 0 N–H and O–H groups in total. The maximum absolute atomic E-state index is 3.86. The smallest absolute Gasteiger partial charge is 0.0225 e. The highest BCUT2D eigenvalue weighted by Crippen LogP contribution is 2.06. The molecule has 0 nitrogen and oxygen atoms in total. The minimum Gasteiger partial charge on any atom is -0.0991 e. The van der Waals surface area contributed by atoms with E-state index in [1.165, 1.54) is 0 Å². The van der Waals surface area contributed by atoms with E-state index in [1.54, 1.807) is 6.08 Å². The zero-order valence-corrected chi connectivity index (χ0v) is 8.22. The summed E-state index contributed by atoms with van der Waals surface area (Å²) < 4.78 is 0. The van der Waals surface area contributed by atoms with Crippen molar-refractivity contribution in [2.45, 2.75) is 27.7 Å². The molecule has 0 aliphatic rings. The third-order valence-corrected chi connectivity index (χ3v) is 1.19. The molecule has 0 aliphatic heterocycles. The predicted octanol–water partition coefficient (Wildman–Crippen LogP) is 3.97. The summed E-state index contributed by atoms with van der Waals surface area (Å²) in [4.78, 5) is 0. The van der Waals surface area contributed by atoms with Gasteiger partial charge in [0, 0.05) is 0 Å². The monoisotopic (exact) mass is 152 g/mol. The molecule has 0 amide bonds. The van der Waals surface area contributed by atoms with Crippen LogP contribution >= 0.6 is 0 Å². The lowest BCUT2D eigenvalue weighted by Gasteiger charge is -2.00. The predicted molar refractivity (Wildman–Crippen MR) is 54.7 cm³/mol. The summed E-state index contributed by atoms with van der Waals surface area (Å²) in [6, 6.07) is 0. The van der Waals surface area contributed by atoms with Gasteiger partial charge in [-0.2, -0.15) is 0 Å². The lowest BCUT2D eigenvalue weighted by molar-refractivity contribution is 0.795. The van der Waals surface area contributed by atoms with Crippen LogP contribution in [0.1, 0.15) is 27.7 Å². The first-order valence-corrected chi connectivity index (χ1v) is 4.16. The Morgan fingerprint density at radius 1 is 1.27 bits per heavy atom. The highest BCUT2D eigenvalue weighted by atomic mass is 14.0. The summed E-state index contributed by atoms with van der Waals surface area (Å²) in [5.41, 5.74) is 1.15. The molecule has 0 heterocycles. The van der Waals surface area contributed by atoms with E-state index in [-0.39, 0.29) is 0 Å². The summed E-state index contributed by atoms with van der Waals surface area (Å²) >= 11 is 0. The van der Waals surface area contributed by atoms with Crippen LogP contribution in [-0.2, 0) is 0 Å². The molecule has 0 aromatic rings. The van der Waals surface area contributed by atoms with E-state index in [4.69, 9.17) is 0 Å². The Kier molecular flexibility index (Phi) is 10.8. The molecule has 0 aromatic heterocycles. The lowest BCUT2D eigenvalue weighted by Crippen LogP contribution is -1.86. The fourth-order valence-corrected chi connectivity index (χ4v) is 0.384. The zero-order chi connectivity index (χ0) is 9.28. The second-order valence-corrected chi connectivity index (χ2v) is 2.32. The van der Waals surface area contributed by atoms with E-state index in [9.17, 15) is 0 Å². The fourth-order valence-electron chi connectivity index (χ4n) is 0.384. The standard InChI is InChI=1S/C9H14.C2H6/c1-5-6-7-9(4)8(2)3;1-2/h5-8H,1,4H2,2-3H3;1-2H3/b7-6-;. The van der Waals surface area contributed by atoms with Gasteiger partial charge < -0.3 is 0 Å². The van der Waals surface area contributed by atoms with Crippen molar-refractivity contribution in [1.82, 2.24) is 0 Å². The van der Waals surface area contributed by atoms with Gasteiger partial charge in [0.1, 0.15) is 0 Å². The van der Waals surface area contributed by atoms with Gasteiger partial charge in [0.25, 0.3) is 0 Å². The van der Waals surface area contributed by atoms with Gasteiger partial charge in [0.05, 0.1) is 0 Å². The quantitative estimate of drug-likeness (QED) is 0.537. The van der Waals surface area contributed by atoms with Gasteiger partial charge in [-0.05, 0) is 5.92 Å². The van der Waals surface area contributed by atoms with Gasteiger partial charge in [-0.25, -0.2) is 0 Å². The molecule has 64 valence electrons. The fraction of sp³-hybridized carbons (Fsp3) is 0.455. The first-order chi connectivity index (χ1) is 5.18. The Labute approximate surface area is 71.3 Å². The summed E-state index contributed by atoms with van der Waals surface area (Å²) in [5, 5.41) is 0. The number of hydrogen-bond donors (Lipinski definition) is 0. The van der Waals surface area contributed by atoms with Gasteiger partial charge in [-0.1, -0.05) is 64.7 Å². The maximum Gasteiger partial charge on any atom is -0.0225 e. The van der Waals surface area contributed by atoms with Gasteiger partial charge in [-0.15, -0.1) is 0 Å². The number of allylic oxidation sites excluding steroid dienone is 4. The van der Waals surface area contributed by atoms with E-state index in [0.29, 0.717) is 5.92 Å². The number of rotatable bonds is 3. The molecule has 0 aromatic carbocycles. The zero-order valence-electron chi connectivity index (χ0n) is 8.22. The van der Waals surface area contributed by atoms with Crippen molar-refractivity contribution in [2.75, 3.05) is 0 Å². The van der Waals surface area contributed by atoms with Crippen LogP contribution in [0.4, 0.5) is 0 Å². The third-order valence-electron chi connectivity index (χ3n) is 1.19.